The Labute approximate surface area is 174 Å². The number of carbonyl (C=O) groups excluding carboxylic acids is 2. The van der Waals surface area contributed by atoms with Gasteiger partial charge in [0.25, 0.3) is 0 Å². The number of rotatable bonds is 9. The van der Waals surface area contributed by atoms with Crippen LogP contribution in [0.4, 0.5) is 8.78 Å². The van der Waals surface area contributed by atoms with E-state index in [1.165, 1.54) is 25.3 Å². The number of alkyl halides is 2. The molecule has 0 saturated carbocycles. The Kier molecular flexibility index (Phi) is 7.74. The highest BCUT2D eigenvalue weighted by Crippen LogP contribution is 2.33. The fraction of sp³-hybridized carbons (Fsp3) is 0.364. The van der Waals surface area contributed by atoms with Crippen LogP contribution in [-0.4, -0.2) is 36.6 Å². The van der Waals surface area contributed by atoms with Gasteiger partial charge in [-0.1, -0.05) is 12.1 Å². The van der Waals surface area contributed by atoms with Gasteiger partial charge in [-0.3, -0.25) is 4.79 Å². The molecular weight excluding hydrogens is 396 g/mol. The van der Waals surface area contributed by atoms with Gasteiger partial charge in [0, 0.05) is 34.6 Å². The minimum Gasteiger partial charge on any atom is -0.493 e. The molecule has 0 saturated heterocycles. The summed E-state index contributed by atoms with van der Waals surface area (Å²) in [6.45, 7) is 4.31. The quantitative estimate of drug-likeness (QED) is 0.333. The van der Waals surface area contributed by atoms with E-state index in [9.17, 15) is 18.4 Å². The smallest absolute Gasteiger partial charge is 0.387 e. The van der Waals surface area contributed by atoms with Crippen LogP contribution in [0.3, 0.4) is 0 Å². The summed E-state index contributed by atoms with van der Waals surface area (Å²) in [6, 6.07) is 6.47. The van der Waals surface area contributed by atoms with Crippen molar-refractivity contribution in [3.8, 4) is 11.5 Å². The van der Waals surface area contributed by atoms with E-state index in [0.717, 1.165) is 17.5 Å². The SMILES string of the molecule is COc1cccc(/C=C/C(=O)OCC(=O)c2cc(C)n(C(C)C)c2C)c1OC(F)F. The number of para-hydroxylation sites is 1. The van der Waals surface area contributed by atoms with Crippen LogP contribution >= 0.6 is 0 Å². The number of Topliss-reactive ketones (excluding diaryl/α,β-unsaturated/α-hetero) is 1. The van der Waals surface area contributed by atoms with Crippen molar-refractivity contribution in [1.29, 1.82) is 0 Å². The molecule has 0 aliphatic rings. The fourth-order valence-corrected chi connectivity index (χ4v) is 3.31. The topological polar surface area (TPSA) is 66.8 Å². The van der Waals surface area contributed by atoms with Gasteiger partial charge in [-0.25, -0.2) is 4.79 Å². The van der Waals surface area contributed by atoms with Crippen LogP contribution in [0, 0.1) is 13.8 Å². The van der Waals surface area contributed by atoms with Crippen molar-refractivity contribution in [2.75, 3.05) is 13.7 Å². The predicted molar refractivity (Wildman–Crippen MR) is 108 cm³/mol. The van der Waals surface area contributed by atoms with E-state index in [-0.39, 0.29) is 28.9 Å². The number of ketones is 1. The molecule has 162 valence electrons. The summed E-state index contributed by atoms with van der Waals surface area (Å²) in [7, 11) is 1.32. The highest BCUT2D eigenvalue weighted by atomic mass is 19.3. The molecule has 0 unspecified atom stereocenters. The van der Waals surface area contributed by atoms with E-state index in [2.05, 4.69) is 4.74 Å². The monoisotopic (exact) mass is 421 g/mol. The molecule has 0 bridgehead atoms. The lowest BCUT2D eigenvalue weighted by Gasteiger charge is -2.13. The van der Waals surface area contributed by atoms with E-state index in [4.69, 9.17) is 9.47 Å². The Bertz CT molecular complexity index is 947. The molecule has 0 aliphatic carbocycles. The number of methoxy groups -OCH3 is 1. The van der Waals surface area contributed by atoms with Crippen LogP contribution in [-0.2, 0) is 9.53 Å². The Hall–Kier alpha value is -3.16. The zero-order valence-electron chi connectivity index (χ0n) is 17.6. The summed E-state index contributed by atoms with van der Waals surface area (Å²) in [4.78, 5) is 24.5. The third-order valence-electron chi connectivity index (χ3n) is 4.48. The molecule has 1 heterocycles. The second kappa shape index (κ2) is 10.0. The Morgan fingerprint density at radius 2 is 1.90 bits per heavy atom. The normalized spacial score (nSPS) is 11.4. The van der Waals surface area contributed by atoms with Crippen molar-refractivity contribution in [1.82, 2.24) is 4.57 Å². The number of hydrogen-bond donors (Lipinski definition) is 0. The van der Waals surface area contributed by atoms with Crippen LogP contribution in [0.2, 0.25) is 0 Å². The van der Waals surface area contributed by atoms with Gasteiger partial charge < -0.3 is 18.8 Å². The average Bonchev–Trinajstić information content (AvgIpc) is 2.99. The summed E-state index contributed by atoms with van der Waals surface area (Å²) in [5.74, 6) is -1.20. The van der Waals surface area contributed by atoms with Crippen molar-refractivity contribution >= 4 is 17.8 Å². The maximum absolute atomic E-state index is 12.7. The lowest BCUT2D eigenvalue weighted by molar-refractivity contribution is -0.136. The number of benzene rings is 1. The molecule has 0 N–H and O–H groups in total. The molecule has 1 aromatic heterocycles. The van der Waals surface area contributed by atoms with Crippen molar-refractivity contribution in [2.24, 2.45) is 0 Å². The molecule has 2 aromatic rings. The molecule has 0 fully saturated rings. The Morgan fingerprint density at radius 3 is 2.47 bits per heavy atom. The molecule has 8 heteroatoms. The first-order valence-corrected chi connectivity index (χ1v) is 9.34. The summed E-state index contributed by atoms with van der Waals surface area (Å²) >= 11 is 0. The highest BCUT2D eigenvalue weighted by Gasteiger charge is 2.18. The summed E-state index contributed by atoms with van der Waals surface area (Å²) in [5.41, 5.74) is 2.46. The molecule has 0 atom stereocenters. The number of halogens is 2. The number of ether oxygens (including phenoxy) is 3. The minimum atomic E-state index is -3.05. The molecule has 2 rings (SSSR count). The number of carbonyl (C=O) groups is 2. The van der Waals surface area contributed by atoms with Gasteiger partial charge >= 0.3 is 12.6 Å². The van der Waals surface area contributed by atoms with Crippen molar-refractivity contribution in [3.63, 3.8) is 0 Å². The number of hydrogen-bond acceptors (Lipinski definition) is 5. The van der Waals surface area contributed by atoms with Crippen LogP contribution in [0.25, 0.3) is 6.08 Å². The van der Waals surface area contributed by atoms with Crippen molar-refractivity contribution in [3.05, 3.63) is 52.9 Å². The largest absolute Gasteiger partial charge is 0.493 e. The molecular formula is C22H25F2NO5. The molecule has 1 aromatic carbocycles. The second-order valence-corrected chi connectivity index (χ2v) is 6.87. The van der Waals surface area contributed by atoms with E-state index < -0.39 is 19.2 Å². The lowest BCUT2D eigenvalue weighted by Crippen LogP contribution is -2.14. The highest BCUT2D eigenvalue weighted by molar-refractivity contribution is 6.00. The zero-order chi connectivity index (χ0) is 22.4. The Balaban J connectivity index is 2.08. The standard InChI is InChI=1S/C22H25F2NO5/c1-13(2)25-14(3)11-17(15(25)4)18(26)12-29-20(27)10-9-16-7-6-8-19(28-5)21(16)30-22(23)24/h6-11,13,22H,12H2,1-5H3/b10-9+. The molecule has 0 radical (unpaired) electrons. The van der Waals surface area contributed by atoms with Gasteiger partial charge in [0.15, 0.2) is 18.1 Å². The minimum absolute atomic E-state index is 0.0986. The van der Waals surface area contributed by atoms with Crippen molar-refractivity contribution in [2.45, 2.75) is 40.3 Å². The van der Waals surface area contributed by atoms with Gasteiger partial charge in [-0.15, -0.1) is 0 Å². The van der Waals surface area contributed by atoms with Gasteiger partial charge in [0.1, 0.15) is 0 Å². The average molecular weight is 421 g/mol. The molecule has 30 heavy (non-hydrogen) atoms. The zero-order valence-corrected chi connectivity index (χ0v) is 17.6. The Morgan fingerprint density at radius 1 is 1.20 bits per heavy atom. The molecule has 0 aliphatic heterocycles. The number of esters is 1. The maximum atomic E-state index is 12.7. The third kappa shape index (κ3) is 5.46. The number of nitrogens with zero attached hydrogens (tertiary/aromatic N) is 1. The first-order chi connectivity index (χ1) is 14.1. The van der Waals surface area contributed by atoms with Gasteiger partial charge in [-0.05, 0) is 45.9 Å². The fourth-order valence-electron chi connectivity index (χ4n) is 3.31. The molecule has 0 spiro atoms. The molecule has 0 amide bonds. The predicted octanol–water partition coefficient (Wildman–Crippen LogP) is 4.74. The summed E-state index contributed by atoms with van der Waals surface area (Å²) in [5, 5.41) is 0. The maximum Gasteiger partial charge on any atom is 0.387 e. The third-order valence-corrected chi connectivity index (χ3v) is 4.48. The first-order valence-electron chi connectivity index (χ1n) is 9.34. The molecule has 6 nitrogen and oxygen atoms in total. The van der Waals surface area contributed by atoms with Crippen LogP contribution in [0.1, 0.15) is 47.2 Å². The van der Waals surface area contributed by atoms with E-state index in [0.29, 0.717) is 5.56 Å². The van der Waals surface area contributed by atoms with Crippen LogP contribution in [0.15, 0.2) is 30.3 Å². The number of aromatic nitrogens is 1. The van der Waals surface area contributed by atoms with Gasteiger partial charge in [0.05, 0.1) is 7.11 Å². The lowest BCUT2D eigenvalue weighted by atomic mass is 10.1. The number of aryl methyl sites for hydroxylation is 1. The van der Waals surface area contributed by atoms with Gasteiger partial charge in [-0.2, -0.15) is 8.78 Å². The van der Waals surface area contributed by atoms with Crippen molar-refractivity contribution < 1.29 is 32.6 Å². The summed E-state index contributed by atoms with van der Waals surface area (Å²) in [6.07, 6.45) is 2.30. The van der Waals surface area contributed by atoms with E-state index in [1.54, 1.807) is 12.1 Å². The van der Waals surface area contributed by atoms with E-state index in [1.807, 2.05) is 32.3 Å². The first kappa shape index (κ1) is 23.1. The van der Waals surface area contributed by atoms with E-state index >= 15 is 0 Å². The summed E-state index contributed by atoms with van der Waals surface area (Å²) < 4.78 is 41.9. The van der Waals surface area contributed by atoms with Gasteiger partial charge in [0.2, 0.25) is 5.78 Å². The van der Waals surface area contributed by atoms with Crippen LogP contribution in [0.5, 0.6) is 11.5 Å². The van der Waals surface area contributed by atoms with Crippen LogP contribution < -0.4 is 9.47 Å². The second-order valence-electron chi connectivity index (χ2n) is 6.87.